The lowest BCUT2D eigenvalue weighted by Crippen LogP contribution is -2.33. The molecule has 0 N–H and O–H groups in total. The smallest absolute Gasteiger partial charge is 0.335 e. The van der Waals surface area contributed by atoms with Crippen molar-refractivity contribution in [1.29, 1.82) is 0 Å². The Bertz CT molecular complexity index is 475. The molecule has 1 saturated carbocycles. The molecule has 0 aromatic carbocycles. The van der Waals surface area contributed by atoms with Crippen molar-refractivity contribution in [2.75, 3.05) is 13.2 Å². The topological polar surface area (TPSA) is 52.6 Å². The molecule has 0 spiro atoms. The number of carbonyl (C=O) groups excluding carboxylic acids is 2. The van der Waals surface area contributed by atoms with Crippen LogP contribution in [0.25, 0.3) is 0 Å². The van der Waals surface area contributed by atoms with Gasteiger partial charge >= 0.3 is 11.9 Å². The van der Waals surface area contributed by atoms with E-state index in [9.17, 15) is 9.59 Å². The first-order chi connectivity index (χ1) is 9.31. The lowest BCUT2D eigenvalue weighted by molar-refractivity contribution is -0.142. The van der Waals surface area contributed by atoms with Crippen LogP contribution in [0.15, 0.2) is 11.1 Å². The van der Waals surface area contributed by atoms with Gasteiger partial charge in [0, 0.05) is 5.41 Å². The van der Waals surface area contributed by atoms with Crippen molar-refractivity contribution in [3.8, 4) is 0 Å². The van der Waals surface area contributed by atoms with Crippen LogP contribution in [0.5, 0.6) is 0 Å². The number of hydrogen-bond acceptors (Lipinski definition) is 4. The average molecular weight is 280 g/mol. The third-order valence-corrected chi connectivity index (χ3v) is 5.37. The predicted octanol–water partition coefficient (Wildman–Crippen LogP) is 2.87. The maximum Gasteiger partial charge on any atom is 0.335 e. The monoisotopic (exact) mass is 280 g/mol. The summed E-state index contributed by atoms with van der Waals surface area (Å²) in [7, 11) is 0. The fourth-order valence-corrected chi connectivity index (χ4v) is 3.92. The third kappa shape index (κ3) is 1.80. The summed E-state index contributed by atoms with van der Waals surface area (Å²) < 4.78 is 10.4. The van der Waals surface area contributed by atoms with Gasteiger partial charge in [-0.2, -0.15) is 0 Å². The van der Waals surface area contributed by atoms with Crippen LogP contribution in [-0.2, 0) is 19.1 Å². The maximum absolute atomic E-state index is 12.4. The van der Waals surface area contributed by atoms with E-state index in [-0.39, 0.29) is 28.7 Å². The van der Waals surface area contributed by atoms with Gasteiger partial charge in [0.25, 0.3) is 0 Å². The Morgan fingerprint density at radius 3 is 2.20 bits per heavy atom. The highest BCUT2D eigenvalue weighted by Gasteiger charge is 2.64. The van der Waals surface area contributed by atoms with Crippen LogP contribution in [0, 0.1) is 16.7 Å². The number of rotatable bonds is 4. The molecule has 112 valence electrons. The highest BCUT2D eigenvalue weighted by molar-refractivity contribution is 6.03. The van der Waals surface area contributed by atoms with Crippen molar-refractivity contribution in [3.63, 3.8) is 0 Å². The van der Waals surface area contributed by atoms with Gasteiger partial charge in [0.05, 0.1) is 24.4 Å². The average Bonchev–Trinajstić information content (AvgIpc) is 2.69. The molecule has 2 unspecified atom stereocenters. The summed E-state index contributed by atoms with van der Waals surface area (Å²) in [5.41, 5.74) is 0.700. The molecular formula is C16H24O4. The van der Waals surface area contributed by atoms with E-state index in [1.54, 1.807) is 13.8 Å². The molecule has 2 aliphatic carbocycles. The van der Waals surface area contributed by atoms with E-state index in [4.69, 9.17) is 9.47 Å². The normalized spacial score (nSPS) is 30.6. The second-order valence-electron chi connectivity index (χ2n) is 6.37. The van der Waals surface area contributed by atoms with Gasteiger partial charge in [0.15, 0.2) is 0 Å². The van der Waals surface area contributed by atoms with Gasteiger partial charge < -0.3 is 9.47 Å². The molecule has 1 fully saturated rings. The molecule has 0 amide bonds. The summed E-state index contributed by atoms with van der Waals surface area (Å²) in [6.45, 7) is 10.5. The first-order valence-corrected chi connectivity index (χ1v) is 7.40. The lowest BCUT2D eigenvalue weighted by atomic mass is 9.67. The van der Waals surface area contributed by atoms with E-state index in [1.165, 1.54) is 0 Å². The lowest BCUT2D eigenvalue weighted by Gasteiger charge is -2.36. The van der Waals surface area contributed by atoms with E-state index in [0.717, 1.165) is 12.8 Å². The van der Waals surface area contributed by atoms with Gasteiger partial charge in [0.2, 0.25) is 0 Å². The van der Waals surface area contributed by atoms with E-state index >= 15 is 0 Å². The number of esters is 2. The third-order valence-electron chi connectivity index (χ3n) is 5.37. The molecule has 4 nitrogen and oxygen atoms in total. The highest BCUT2D eigenvalue weighted by Crippen LogP contribution is 2.68. The minimum Gasteiger partial charge on any atom is -0.463 e. The molecule has 0 aliphatic heterocycles. The molecule has 2 rings (SSSR count). The maximum atomic E-state index is 12.4. The second kappa shape index (κ2) is 4.90. The van der Waals surface area contributed by atoms with Crippen molar-refractivity contribution in [2.45, 2.75) is 47.5 Å². The highest BCUT2D eigenvalue weighted by atomic mass is 16.5. The first-order valence-electron chi connectivity index (χ1n) is 7.40. The number of fused-ring (bicyclic) bond motifs is 2. The van der Waals surface area contributed by atoms with Crippen LogP contribution >= 0.6 is 0 Å². The van der Waals surface area contributed by atoms with Crippen LogP contribution < -0.4 is 0 Å². The van der Waals surface area contributed by atoms with E-state index in [2.05, 4.69) is 20.8 Å². The summed E-state index contributed by atoms with van der Waals surface area (Å²) in [5.74, 6) is -0.615. The van der Waals surface area contributed by atoms with Crippen LogP contribution in [-0.4, -0.2) is 25.2 Å². The van der Waals surface area contributed by atoms with E-state index in [1.807, 2.05) is 0 Å². The Hall–Kier alpha value is -1.32. The van der Waals surface area contributed by atoms with Crippen LogP contribution in [0.2, 0.25) is 0 Å². The molecule has 0 aromatic rings. The fourth-order valence-electron chi connectivity index (χ4n) is 3.92. The van der Waals surface area contributed by atoms with Crippen LogP contribution in [0.1, 0.15) is 47.5 Å². The SMILES string of the molecule is CCOC(=O)C1=C(C(=O)OCC)C2(C)CCC1C2(C)C. The first kappa shape index (κ1) is 15.1. The Balaban J connectivity index is 2.53. The Morgan fingerprint density at radius 2 is 1.65 bits per heavy atom. The zero-order valence-corrected chi connectivity index (χ0v) is 13.0. The molecule has 4 heteroatoms. The number of hydrogen-bond donors (Lipinski definition) is 0. The number of ether oxygens (including phenoxy) is 2. The molecule has 0 aromatic heterocycles. The molecule has 0 saturated heterocycles. The van der Waals surface area contributed by atoms with Gasteiger partial charge in [-0.1, -0.05) is 20.8 Å². The van der Waals surface area contributed by atoms with Gasteiger partial charge in [-0.05, 0) is 38.0 Å². The summed E-state index contributed by atoms with van der Waals surface area (Å²) in [6.07, 6.45) is 1.85. The minimum absolute atomic E-state index is 0.0888. The fraction of sp³-hybridized carbons (Fsp3) is 0.750. The zero-order chi connectivity index (χ0) is 15.1. The largest absolute Gasteiger partial charge is 0.463 e. The second-order valence-corrected chi connectivity index (χ2v) is 6.37. The number of carbonyl (C=O) groups is 2. The summed E-state index contributed by atoms with van der Waals surface area (Å²) in [4.78, 5) is 24.7. The Labute approximate surface area is 120 Å². The van der Waals surface area contributed by atoms with Crippen molar-refractivity contribution in [3.05, 3.63) is 11.1 Å². The summed E-state index contributed by atoms with van der Waals surface area (Å²) >= 11 is 0. The summed E-state index contributed by atoms with van der Waals surface area (Å²) in [5, 5.41) is 0. The van der Waals surface area contributed by atoms with Gasteiger partial charge in [-0.15, -0.1) is 0 Å². The van der Waals surface area contributed by atoms with E-state index in [0.29, 0.717) is 24.4 Å². The van der Waals surface area contributed by atoms with Crippen molar-refractivity contribution in [2.24, 2.45) is 16.7 Å². The minimum atomic E-state index is -0.353. The molecule has 20 heavy (non-hydrogen) atoms. The van der Waals surface area contributed by atoms with Gasteiger partial charge in [0.1, 0.15) is 0 Å². The van der Waals surface area contributed by atoms with Crippen LogP contribution in [0.3, 0.4) is 0 Å². The molecule has 0 heterocycles. The molecular weight excluding hydrogens is 256 g/mol. The van der Waals surface area contributed by atoms with Crippen molar-refractivity contribution < 1.29 is 19.1 Å². The zero-order valence-electron chi connectivity index (χ0n) is 13.0. The van der Waals surface area contributed by atoms with Gasteiger partial charge in [-0.25, -0.2) is 9.59 Å². The van der Waals surface area contributed by atoms with E-state index < -0.39 is 0 Å². The predicted molar refractivity (Wildman–Crippen MR) is 74.9 cm³/mol. The molecule has 2 atom stereocenters. The standard InChI is InChI=1S/C16H24O4/c1-6-19-13(17)11-10-8-9-16(5,15(10,3)4)12(11)14(18)20-7-2/h10H,6-9H2,1-5H3. The molecule has 2 bridgehead atoms. The van der Waals surface area contributed by atoms with Crippen molar-refractivity contribution >= 4 is 11.9 Å². The Kier molecular flexibility index (Phi) is 3.69. The van der Waals surface area contributed by atoms with Crippen LogP contribution in [0.4, 0.5) is 0 Å². The van der Waals surface area contributed by atoms with Gasteiger partial charge in [-0.3, -0.25) is 0 Å². The summed E-state index contributed by atoms with van der Waals surface area (Å²) in [6, 6.07) is 0. The quantitative estimate of drug-likeness (QED) is 0.743. The van der Waals surface area contributed by atoms with Crippen molar-refractivity contribution in [1.82, 2.24) is 0 Å². The molecule has 2 aliphatic rings. The Morgan fingerprint density at radius 1 is 1.10 bits per heavy atom. The molecule has 0 radical (unpaired) electrons.